The number of halogens is 1. The second kappa shape index (κ2) is 6.08. The van der Waals surface area contributed by atoms with Crippen LogP contribution in [0.15, 0.2) is 42.5 Å². The number of nitrogens with one attached hydrogen (secondary N) is 1. The fourth-order valence-electron chi connectivity index (χ4n) is 2.37. The van der Waals surface area contributed by atoms with Crippen LogP contribution in [0.2, 0.25) is 0 Å². The molecule has 1 aliphatic heterocycles. The van der Waals surface area contributed by atoms with Gasteiger partial charge in [0.1, 0.15) is 11.6 Å². The first-order valence-corrected chi connectivity index (χ1v) is 7.11. The van der Waals surface area contributed by atoms with Crippen molar-refractivity contribution in [1.29, 1.82) is 0 Å². The molecule has 0 aliphatic carbocycles. The van der Waals surface area contributed by atoms with E-state index in [1.54, 1.807) is 43.4 Å². The third kappa shape index (κ3) is 3.15. The Morgan fingerprint density at radius 2 is 2.09 bits per heavy atom. The van der Waals surface area contributed by atoms with Crippen LogP contribution in [0.3, 0.4) is 0 Å². The maximum absolute atomic E-state index is 13.6. The molecule has 1 heterocycles. The van der Waals surface area contributed by atoms with Crippen molar-refractivity contribution < 1.29 is 18.7 Å². The Hall–Kier alpha value is -2.89. The topological polar surface area (TPSA) is 58.6 Å². The fraction of sp³-hybridized carbons (Fsp3) is 0.176. The number of ether oxygens (including phenoxy) is 1. The molecule has 0 radical (unpaired) electrons. The minimum absolute atomic E-state index is 0.00247. The van der Waals surface area contributed by atoms with E-state index in [0.29, 0.717) is 22.7 Å². The standard InChI is InChI=1S/C17H15FN2O3/c1-20-14-9-12(6-7-15(14)23-10-17(20)22)19-16(21)8-11-4-2-3-5-13(11)18/h2-7,9H,8,10H2,1H3,(H,19,21). The first kappa shape index (κ1) is 15.0. The van der Waals surface area contributed by atoms with Crippen LogP contribution in [0.25, 0.3) is 0 Å². The highest BCUT2D eigenvalue weighted by Gasteiger charge is 2.22. The summed E-state index contributed by atoms with van der Waals surface area (Å²) in [4.78, 5) is 25.2. The molecule has 3 rings (SSSR count). The maximum Gasteiger partial charge on any atom is 0.264 e. The van der Waals surface area contributed by atoms with Crippen LogP contribution in [0.5, 0.6) is 5.75 Å². The van der Waals surface area contributed by atoms with Gasteiger partial charge in [-0.2, -0.15) is 0 Å². The van der Waals surface area contributed by atoms with Gasteiger partial charge in [0, 0.05) is 12.7 Å². The molecule has 2 aromatic carbocycles. The summed E-state index contributed by atoms with van der Waals surface area (Å²) in [5.41, 5.74) is 1.44. The Kier molecular flexibility index (Phi) is 3.97. The lowest BCUT2D eigenvalue weighted by Crippen LogP contribution is -2.35. The van der Waals surface area contributed by atoms with Gasteiger partial charge in [0.05, 0.1) is 12.1 Å². The Morgan fingerprint density at radius 1 is 1.30 bits per heavy atom. The Labute approximate surface area is 132 Å². The molecule has 2 amide bonds. The highest BCUT2D eigenvalue weighted by Crippen LogP contribution is 2.33. The molecule has 0 fully saturated rings. The number of likely N-dealkylation sites (N-methyl/N-ethyl adjacent to an activating group) is 1. The number of nitrogens with zero attached hydrogens (tertiary/aromatic N) is 1. The average Bonchev–Trinajstić information content (AvgIpc) is 2.54. The van der Waals surface area contributed by atoms with Gasteiger partial charge in [-0.3, -0.25) is 9.59 Å². The number of benzene rings is 2. The van der Waals surface area contributed by atoms with Crippen LogP contribution in [-0.4, -0.2) is 25.5 Å². The monoisotopic (exact) mass is 314 g/mol. The van der Waals surface area contributed by atoms with Crippen molar-refractivity contribution in [2.24, 2.45) is 0 Å². The third-order valence-electron chi connectivity index (χ3n) is 3.64. The number of carbonyl (C=O) groups is 2. The van der Waals surface area contributed by atoms with E-state index in [9.17, 15) is 14.0 Å². The third-order valence-corrected chi connectivity index (χ3v) is 3.64. The summed E-state index contributed by atoms with van der Waals surface area (Å²) in [6.07, 6.45) is -0.0605. The van der Waals surface area contributed by atoms with E-state index in [1.165, 1.54) is 11.0 Å². The number of fused-ring (bicyclic) bond motifs is 1. The summed E-state index contributed by atoms with van der Waals surface area (Å²) < 4.78 is 18.9. The molecule has 1 aliphatic rings. The summed E-state index contributed by atoms with van der Waals surface area (Å²) in [5, 5.41) is 2.70. The van der Waals surface area contributed by atoms with Crippen molar-refractivity contribution in [1.82, 2.24) is 0 Å². The van der Waals surface area contributed by atoms with E-state index in [0.717, 1.165) is 0 Å². The molecule has 118 valence electrons. The van der Waals surface area contributed by atoms with E-state index >= 15 is 0 Å². The molecule has 0 aromatic heterocycles. The van der Waals surface area contributed by atoms with E-state index in [4.69, 9.17) is 4.74 Å². The molecule has 0 spiro atoms. The second-order valence-corrected chi connectivity index (χ2v) is 5.24. The van der Waals surface area contributed by atoms with Gasteiger partial charge in [-0.05, 0) is 29.8 Å². The summed E-state index contributed by atoms with van der Waals surface area (Å²) >= 11 is 0. The molecule has 0 saturated carbocycles. The second-order valence-electron chi connectivity index (χ2n) is 5.24. The number of anilines is 2. The number of hydrogen-bond donors (Lipinski definition) is 1. The molecule has 0 atom stereocenters. The maximum atomic E-state index is 13.6. The van der Waals surface area contributed by atoms with Gasteiger partial charge in [-0.15, -0.1) is 0 Å². The lowest BCUT2D eigenvalue weighted by Gasteiger charge is -2.26. The molecular weight excluding hydrogens is 299 g/mol. The van der Waals surface area contributed by atoms with E-state index in [2.05, 4.69) is 5.32 Å². The lowest BCUT2D eigenvalue weighted by molar-refractivity contribution is -0.121. The first-order valence-electron chi connectivity index (χ1n) is 7.11. The molecule has 1 N–H and O–H groups in total. The SMILES string of the molecule is CN1C(=O)COc2ccc(NC(=O)Cc3ccccc3F)cc21. The molecule has 2 aromatic rings. The van der Waals surface area contributed by atoms with Crippen molar-refractivity contribution in [2.45, 2.75) is 6.42 Å². The zero-order valence-corrected chi connectivity index (χ0v) is 12.5. The highest BCUT2D eigenvalue weighted by molar-refractivity contribution is 5.99. The van der Waals surface area contributed by atoms with Gasteiger partial charge in [-0.25, -0.2) is 4.39 Å². The van der Waals surface area contributed by atoms with Crippen LogP contribution in [-0.2, 0) is 16.0 Å². The highest BCUT2D eigenvalue weighted by atomic mass is 19.1. The van der Waals surface area contributed by atoms with Gasteiger partial charge >= 0.3 is 0 Å². The molecule has 0 bridgehead atoms. The minimum atomic E-state index is -0.410. The van der Waals surface area contributed by atoms with Gasteiger partial charge in [0.25, 0.3) is 5.91 Å². The number of rotatable bonds is 3. The average molecular weight is 314 g/mol. The quantitative estimate of drug-likeness (QED) is 0.946. The van der Waals surface area contributed by atoms with Crippen LogP contribution in [0.4, 0.5) is 15.8 Å². The summed E-state index contributed by atoms with van der Waals surface area (Å²) in [5.74, 6) is -0.320. The van der Waals surface area contributed by atoms with E-state index in [1.807, 2.05) is 0 Å². The number of hydrogen-bond acceptors (Lipinski definition) is 3. The van der Waals surface area contributed by atoms with Crippen molar-refractivity contribution in [3.05, 3.63) is 53.8 Å². The zero-order valence-electron chi connectivity index (χ0n) is 12.5. The predicted molar refractivity (Wildman–Crippen MR) is 84.1 cm³/mol. The molecule has 5 nitrogen and oxygen atoms in total. The number of amides is 2. The van der Waals surface area contributed by atoms with Crippen LogP contribution in [0, 0.1) is 5.82 Å². The van der Waals surface area contributed by atoms with Crippen LogP contribution < -0.4 is 15.0 Å². The van der Waals surface area contributed by atoms with Crippen molar-refractivity contribution in [3.63, 3.8) is 0 Å². The van der Waals surface area contributed by atoms with E-state index < -0.39 is 5.82 Å². The zero-order chi connectivity index (χ0) is 16.4. The van der Waals surface area contributed by atoms with Gasteiger partial charge in [0.15, 0.2) is 6.61 Å². The Morgan fingerprint density at radius 3 is 2.87 bits per heavy atom. The molecule has 0 unspecified atom stereocenters. The van der Waals surface area contributed by atoms with Gasteiger partial charge < -0.3 is 15.0 Å². The Bertz CT molecular complexity index is 776. The number of carbonyl (C=O) groups excluding carboxylic acids is 2. The van der Waals surface area contributed by atoms with Crippen molar-refractivity contribution >= 4 is 23.2 Å². The van der Waals surface area contributed by atoms with Crippen LogP contribution in [0.1, 0.15) is 5.56 Å². The molecule has 23 heavy (non-hydrogen) atoms. The smallest absolute Gasteiger partial charge is 0.264 e. The summed E-state index contributed by atoms with van der Waals surface area (Å²) in [6.45, 7) is 0.00247. The normalized spacial score (nSPS) is 13.3. The van der Waals surface area contributed by atoms with Crippen LogP contribution >= 0.6 is 0 Å². The first-order chi connectivity index (χ1) is 11.0. The summed E-state index contributed by atoms with van der Waals surface area (Å²) in [6, 6.07) is 11.2. The fourth-order valence-corrected chi connectivity index (χ4v) is 2.37. The van der Waals surface area contributed by atoms with Gasteiger partial charge in [-0.1, -0.05) is 18.2 Å². The van der Waals surface area contributed by atoms with E-state index in [-0.39, 0.29) is 24.8 Å². The minimum Gasteiger partial charge on any atom is -0.482 e. The van der Waals surface area contributed by atoms with Crippen molar-refractivity contribution in [3.8, 4) is 5.75 Å². The lowest BCUT2D eigenvalue weighted by atomic mass is 10.1. The largest absolute Gasteiger partial charge is 0.482 e. The van der Waals surface area contributed by atoms with Gasteiger partial charge in [0.2, 0.25) is 5.91 Å². The molecular formula is C17H15FN2O3. The Balaban J connectivity index is 1.75. The molecule has 0 saturated heterocycles. The summed E-state index contributed by atoms with van der Waals surface area (Å²) in [7, 11) is 1.65. The van der Waals surface area contributed by atoms with Crippen molar-refractivity contribution in [2.75, 3.05) is 23.9 Å². The predicted octanol–water partition coefficient (Wildman–Crippen LogP) is 2.36. The molecule has 6 heteroatoms.